The Morgan fingerprint density at radius 2 is 1.90 bits per heavy atom. The standard InChI is InChI=1S/C16H13Cl3N2/c1-10-5-6-11(9-13(10)19)21-14-4-2-3-12(18)16(14)20-15(21)7-8-17/h2-6,9H,7-8H2,1H3. The molecule has 1 aromatic heterocycles. The lowest BCUT2D eigenvalue weighted by Crippen LogP contribution is -2.02. The average molecular weight is 340 g/mol. The summed E-state index contributed by atoms with van der Waals surface area (Å²) in [4.78, 5) is 4.63. The third-order valence-corrected chi connectivity index (χ3v) is 4.34. The topological polar surface area (TPSA) is 17.8 Å². The fraction of sp³-hybridized carbons (Fsp3) is 0.188. The van der Waals surface area contributed by atoms with Gasteiger partial charge in [-0.3, -0.25) is 4.57 Å². The predicted molar refractivity (Wildman–Crippen MR) is 90.3 cm³/mol. The second-order valence-corrected chi connectivity index (χ2v) is 6.04. The maximum Gasteiger partial charge on any atom is 0.115 e. The third-order valence-electron chi connectivity index (χ3n) is 3.44. The molecule has 2 aromatic carbocycles. The van der Waals surface area contributed by atoms with Crippen molar-refractivity contribution in [1.82, 2.24) is 9.55 Å². The fourth-order valence-electron chi connectivity index (χ4n) is 2.37. The van der Waals surface area contributed by atoms with Gasteiger partial charge in [-0.1, -0.05) is 35.3 Å². The summed E-state index contributed by atoms with van der Waals surface area (Å²) in [6.45, 7) is 1.98. The molecule has 0 amide bonds. The SMILES string of the molecule is Cc1ccc(-n2c(CCCl)nc3c(Cl)cccc32)cc1Cl. The first-order valence-corrected chi connectivity index (χ1v) is 7.89. The Morgan fingerprint density at radius 1 is 1.10 bits per heavy atom. The van der Waals surface area contributed by atoms with Crippen molar-refractivity contribution in [3.63, 3.8) is 0 Å². The van der Waals surface area contributed by atoms with Gasteiger partial charge in [-0.15, -0.1) is 11.6 Å². The summed E-state index contributed by atoms with van der Waals surface area (Å²) >= 11 is 18.4. The summed E-state index contributed by atoms with van der Waals surface area (Å²) in [5.74, 6) is 1.38. The van der Waals surface area contributed by atoms with E-state index in [4.69, 9.17) is 34.8 Å². The molecule has 0 radical (unpaired) electrons. The molecule has 0 bridgehead atoms. The van der Waals surface area contributed by atoms with Crippen molar-refractivity contribution in [3.8, 4) is 5.69 Å². The summed E-state index contributed by atoms with van der Waals surface area (Å²) in [6.07, 6.45) is 0.665. The Kier molecular flexibility index (Phi) is 4.12. The summed E-state index contributed by atoms with van der Waals surface area (Å²) in [7, 11) is 0. The molecular formula is C16H13Cl3N2. The van der Waals surface area contributed by atoms with Gasteiger partial charge in [-0.2, -0.15) is 0 Å². The molecule has 108 valence electrons. The van der Waals surface area contributed by atoms with Crippen LogP contribution in [0.5, 0.6) is 0 Å². The Labute approximate surface area is 138 Å². The molecule has 0 aliphatic rings. The van der Waals surface area contributed by atoms with E-state index in [9.17, 15) is 0 Å². The molecule has 0 aliphatic carbocycles. The highest BCUT2D eigenvalue weighted by atomic mass is 35.5. The van der Waals surface area contributed by atoms with Gasteiger partial charge in [0.2, 0.25) is 0 Å². The number of rotatable bonds is 3. The average Bonchev–Trinajstić information content (AvgIpc) is 2.82. The number of aromatic nitrogens is 2. The van der Waals surface area contributed by atoms with E-state index >= 15 is 0 Å². The van der Waals surface area contributed by atoms with Crippen LogP contribution in [0.4, 0.5) is 0 Å². The van der Waals surface area contributed by atoms with Gasteiger partial charge in [-0.05, 0) is 36.8 Å². The van der Waals surface area contributed by atoms with Crippen LogP contribution in [0, 0.1) is 6.92 Å². The molecule has 5 heteroatoms. The number of hydrogen-bond donors (Lipinski definition) is 0. The molecule has 3 aromatic rings. The zero-order valence-corrected chi connectivity index (χ0v) is 13.7. The van der Waals surface area contributed by atoms with Crippen LogP contribution in [0.1, 0.15) is 11.4 Å². The number of nitrogens with zero attached hydrogens (tertiary/aromatic N) is 2. The van der Waals surface area contributed by atoms with Gasteiger partial charge in [0.15, 0.2) is 0 Å². The number of hydrogen-bond acceptors (Lipinski definition) is 1. The van der Waals surface area contributed by atoms with E-state index in [1.54, 1.807) is 0 Å². The third kappa shape index (κ3) is 2.64. The minimum Gasteiger partial charge on any atom is -0.296 e. The molecule has 0 saturated heterocycles. The number of halogens is 3. The van der Waals surface area contributed by atoms with Crippen molar-refractivity contribution < 1.29 is 0 Å². The molecule has 0 aliphatic heterocycles. The lowest BCUT2D eigenvalue weighted by atomic mass is 10.2. The largest absolute Gasteiger partial charge is 0.296 e. The summed E-state index contributed by atoms with van der Waals surface area (Å²) in [5, 5.41) is 1.37. The number of benzene rings is 2. The first-order chi connectivity index (χ1) is 10.1. The molecular weight excluding hydrogens is 327 g/mol. The quantitative estimate of drug-likeness (QED) is 0.582. The first kappa shape index (κ1) is 14.7. The van der Waals surface area contributed by atoms with Gasteiger partial charge in [0.05, 0.1) is 10.5 Å². The fourth-order valence-corrected chi connectivity index (χ4v) is 2.93. The summed E-state index contributed by atoms with van der Waals surface area (Å²) in [6, 6.07) is 11.7. The Morgan fingerprint density at radius 3 is 2.62 bits per heavy atom. The molecule has 21 heavy (non-hydrogen) atoms. The minimum absolute atomic E-state index is 0.501. The van der Waals surface area contributed by atoms with Crippen molar-refractivity contribution >= 4 is 45.8 Å². The van der Waals surface area contributed by atoms with Gasteiger partial charge in [0, 0.05) is 23.0 Å². The number of alkyl halides is 1. The second-order valence-electron chi connectivity index (χ2n) is 4.84. The highest BCUT2D eigenvalue weighted by Crippen LogP contribution is 2.29. The van der Waals surface area contributed by atoms with Gasteiger partial charge in [-0.25, -0.2) is 4.98 Å². The highest BCUT2D eigenvalue weighted by Gasteiger charge is 2.14. The van der Waals surface area contributed by atoms with Crippen molar-refractivity contribution in [2.24, 2.45) is 0 Å². The van der Waals surface area contributed by atoms with Crippen molar-refractivity contribution in [1.29, 1.82) is 0 Å². The van der Waals surface area contributed by atoms with Gasteiger partial charge in [0.25, 0.3) is 0 Å². The minimum atomic E-state index is 0.501. The first-order valence-electron chi connectivity index (χ1n) is 6.60. The van der Waals surface area contributed by atoms with Gasteiger partial charge in [0.1, 0.15) is 11.3 Å². The number of aryl methyl sites for hydroxylation is 2. The van der Waals surface area contributed by atoms with E-state index in [2.05, 4.69) is 9.55 Å². The molecule has 0 unspecified atom stereocenters. The maximum atomic E-state index is 6.26. The molecule has 0 N–H and O–H groups in total. The molecule has 0 saturated carbocycles. The monoisotopic (exact) mass is 338 g/mol. The van der Waals surface area contributed by atoms with Crippen LogP contribution in [0.2, 0.25) is 10.0 Å². The van der Waals surface area contributed by atoms with E-state index in [1.165, 1.54) is 0 Å². The van der Waals surface area contributed by atoms with Crippen LogP contribution in [0.15, 0.2) is 36.4 Å². The smallest absolute Gasteiger partial charge is 0.115 e. The van der Waals surface area contributed by atoms with E-state index in [0.29, 0.717) is 17.3 Å². The summed E-state index contributed by atoms with van der Waals surface area (Å²) in [5.41, 5.74) is 3.76. The van der Waals surface area contributed by atoms with Crippen LogP contribution in [0.3, 0.4) is 0 Å². The highest BCUT2D eigenvalue weighted by molar-refractivity contribution is 6.35. The predicted octanol–water partition coefficient (Wildman–Crippen LogP) is 5.42. The Bertz CT molecular complexity index is 809. The summed E-state index contributed by atoms with van der Waals surface area (Å²) < 4.78 is 2.06. The zero-order chi connectivity index (χ0) is 15.0. The van der Waals surface area contributed by atoms with E-state index in [0.717, 1.165) is 33.1 Å². The number of para-hydroxylation sites is 1. The van der Waals surface area contributed by atoms with Crippen LogP contribution in [-0.2, 0) is 6.42 Å². The second kappa shape index (κ2) is 5.88. The van der Waals surface area contributed by atoms with Crippen LogP contribution in [0.25, 0.3) is 16.7 Å². The lowest BCUT2D eigenvalue weighted by Gasteiger charge is -2.10. The van der Waals surface area contributed by atoms with Crippen molar-refractivity contribution in [3.05, 3.63) is 57.8 Å². The Hall–Kier alpha value is -1.22. The Balaban J connectivity index is 2.30. The number of imidazole rings is 1. The molecule has 0 spiro atoms. The molecule has 0 atom stereocenters. The lowest BCUT2D eigenvalue weighted by molar-refractivity contribution is 0.912. The molecule has 3 rings (SSSR count). The van der Waals surface area contributed by atoms with Crippen LogP contribution >= 0.6 is 34.8 Å². The molecule has 1 heterocycles. The van der Waals surface area contributed by atoms with E-state index in [1.807, 2.05) is 43.3 Å². The van der Waals surface area contributed by atoms with Crippen molar-refractivity contribution in [2.75, 3.05) is 5.88 Å². The zero-order valence-electron chi connectivity index (χ0n) is 11.4. The van der Waals surface area contributed by atoms with Crippen LogP contribution in [-0.4, -0.2) is 15.4 Å². The normalized spacial score (nSPS) is 11.2. The van der Waals surface area contributed by atoms with Gasteiger partial charge >= 0.3 is 0 Å². The van der Waals surface area contributed by atoms with E-state index < -0.39 is 0 Å². The number of fused-ring (bicyclic) bond motifs is 1. The van der Waals surface area contributed by atoms with Crippen molar-refractivity contribution in [2.45, 2.75) is 13.3 Å². The van der Waals surface area contributed by atoms with E-state index in [-0.39, 0.29) is 0 Å². The molecule has 2 nitrogen and oxygen atoms in total. The molecule has 0 fully saturated rings. The van der Waals surface area contributed by atoms with Crippen LogP contribution < -0.4 is 0 Å². The van der Waals surface area contributed by atoms with Gasteiger partial charge < -0.3 is 0 Å². The maximum absolute atomic E-state index is 6.26.